The number of hydrogen-bond donors (Lipinski definition) is 4. The molecule has 5 rings (SSSR count). The number of nitrogens with one attached hydrogen (secondary N) is 2. The highest BCUT2D eigenvalue weighted by Crippen LogP contribution is 2.65. The minimum absolute atomic E-state index is 0.0323. The molecule has 12 nitrogen and oxygen atoms in total. The highest BCUT2D eigenvalue weighted by molar-refractivity contribution is 5.87. The number of phenolic OH excluding ortho intramolecular Hbond substituents is 1. The van der Waals surface area contributed by atoms with Crippen molar-refractivity contribution in [3.63, 3.8) is 0 Å². The Hall–Kier alpha value is -3.64. The van der Waals surface area contributed by atoms with Crippen LogP contribution in [0.25, 0.3) is 0 Å². The summed E-state index contributed by atoms with van der Waals surface area (Å²) in [4.78, 5) is 51.7. The SMILES string of the molecule is CC(=O)NC(CC(C)C)C(=O)NCCC(=O)OC(C)C(=O)OC1=CCC2(O)C3Cc4ccc(O)c5c4C2(CCN3C)C1O5. The van der Waals surface area contributed by atoms with E-state index in [9.17, 15) is 29.4 Å². The molecule has 1 aromatic carbocycles. The number of hydrogen-bond acceptors (Lipinski definition) is 10. The molecule has 234 valence electrons. The third-order valence-corrected chi connectivity index (χ3v) is 9.24. The Morgan fingerprint density at radius 1 is 1.21 bits per heavy atom. The molecule has 6 unspecified atom stereocenters. The van der Waals surface area contributed by atoms with Crippen LogP contribution in [0.2, 0.25) is 0 Å². The Kier molecular flexibility index (Phi) is 8.21. The van der Waals surface area contributed by atoms with Crippen molar-refractivity contribution >= 4 is 23.8 Å². The van der Waals surface area contributed by atoms with Gasteiger partial charge in [0.15, 0.2) is 23.7 Å². The predicted molar refractivity (Wildman–Crippen MR) is 153 cm³/mol. The third-order valence-electron chi connectivity index (χ3n) is 9.24. The van der Waals surface area contributed by atoms with E-state index < -0.39 is 47.1 Å². The van der Waals surface area contributed by atoms with Crippen molar-refractivity contribution < 1.29 is 43.6 Å². The van der Waals surface area contributed by atoms with E-state index in [1.165, 1.54) is 13.8 Å². The van der Waals surface area contributed by atoms with Crippen molar-refractivity contribution in [3.8, 4) is 11.5 Å². The van der Waals surface area contributed by atoms with Gasteiger partial charge in [-0.1, -0.05) is 19.9 Å². The van der Waals surface area contributed by atoms with Gasteiger partial charge in [-0.25, -0.2) is 4.79 Å². The summed E-state index contributed by atoms with van der Waals surface area (Å²) in [6.45, 7) is 7.25. The Labute approximate surface area is 250 Å². The van der Waals surface area contributed by atoms with Crippen molar-refractivity contribution in [2.75, 3.05) is 20.1 Å². The first-order valence-corrected chi connectivity index (χ1v) is 14.9. The Morgan fingerprint density at radius 3 is 2.65 bits per heavy atom. The lowest BCUT2D eigenvalue weighted by Gasteiger charge is -2.61. The highest BCUT2D eigenvalue weighted by Gasteiger charge is 2.72. The summed E-state index contributed by atoms with van der Waals surface area (Å²) in [6, 6.07) is 2.56. The summed E-state index contributed by atoms with van der Waals surface area (Å²) in [5, 5.41) is 28.1. The number of likely N-dealkylation sites (N-methyl/N-ethyl adjacent to an activating group) is 1. The number of carbonyl (C=O) groups excluding carboxylic acids is 4. The Morgan fingerprint density at radius 2 is 1.95 bits per heavy atom. The molecule has 2 bridgehead atoms. The van der Waals surface area contributed by atoms with Gasteiger partial charge >= 0.3 is 11.9 Å². The van der Waals surface area contributed by atoms with Gasteiger partial charge in [-0.2, -0.15) is 0 Å². The first kappa shape index (κ1) is 30.8. The van der Waals surface area contributed by atoms with Crippen LogP contribution in [-0.2, 0) is 40.5 Å². The first-order valence-electron chi connectivity index (χ1n) is 14.9. The van der Waals surface area contributed by atoms with Crippen molar-refractivity contribution in [3.05, 3.63) is 35.1 Å². The van der Waals surface area contributed by atoms with E-state index in [2.05, 4.69) is 15.5 Å². The maximum atomic E-state index is 13.1. The minimum atomic E-state index is -1.25. The van der Waals surface area contributed by atoms with Crippen LogP contribution >= 0.6 is 0 Å². The second-order valence-electron chi connectivity index (χ2n) is 12.6. The summed E-state index contributed by atoms with van der Waals surface area (Å²) in [5.41, 5.74) is -0.324. The van der Waals surface area contributed by atoms with Crippen molar-refractivity contribution in [1.29, 1.82) is 0 Å². The summed E-state index contributed by atoms with van der Waals surface area (Å²) < 4.78 is 17.3. The monoisotopic (exact) mass is 599 g/mol. The van der Waals surface area contributed by atoms with Gasteiger partial charge in [0.25, 0.3) is 0 Å². The molecule has 4 aliphatic rings. The molecule has 0 saturated carbocycles. The summed E-state index contributed by atoms with van der Waals surface area (Å²) in [7, 11) is 1.99. The van der Waals surface area contributed by atoms with E-state index in [4.69, 9.17) is 14.2 Å². The number of benzene rings is 1. The number of likely N-dealkylation sites (tertiary alicyclic amines) is 1. The van der Waals surface area contributed by atoms with Crippen LogP contribution in [0, 0.1) is 5.92 Å². The van der Waals surface area contributed by atoms with Crippen LogP contribution in [0.3, 0.4) is 0 Å². The number of amides is 2. The fraction of sp³-hybridized carbons (Fsp3) is 0.613. The standard InChI is InChI=1S/C31H41N3O9/c1-16(2)14-20(33-18(4)35)28(38)32-12-9-24(37)41-17(3)29(39)42-22-8-10-31(40)23-15-19-6-7-21(36)26-25(19)30(31,27(22)43-26)11-13-34(23)5/h6-8,16-17,20,23,27,36,40H,9-15H2,1-5H3,(H,32,38)(H,33,35). The molecule has 1 fully saturated rings. The lowest BCUT2D eigenvalue weighted by Crippen LogP contribution is -2.74. The third kappa shape index (κ3) is 5.24. The normalized spacial score (nSPS) is 28.1. The molecule has 0 radical (unpaired) electrons. The van der Waals surface area contributed by atoms with Crippen molar-refractivity contribution in [1.82, 2.24) is 15.5 Å². The summed E-state index contributed by atoms with van der Waals surface area (Å²) >= 11 is 0. The number of carbonyl (C=O) groups is 4. The fourth-order valence-electron chi connectivity index (χ4n) is 7.30. The van der Waals surface area contributed by atoms with Crippen LogP contribution in [-0.4, -0.2) is 88.9 Å². The molecule has 2 heterocycles. The molecule has 1 aromatic rings. The largest absolute Gasteiger partial charge is 0.504 e. The van der Waals surface area contributed by atoms with Gasteiger partial charge in [0.1, 0.15) is 11.8 Å². The number of phenols is 1. The lowest BCUT2D eigenvalue weighted by atomic mass is 9.50. The molecular weight excluding hydrogens is 558 g/mol. The fourth-order valence-corrected chi connectivity index (χ4v) is 7.30. The average Bonchev–Trinajstić information content (AvgIpc) is 3.29. The highest BCUT2D eigenvalue weighted by atomic mass is 16.6. The maximum Gasteiger partial charge on any atom is 0.352 e. The van der Waals surface area contributed by atoms with Gasteiger partial charge in [0.05, 0.1) is 17.4 Å². The molecule has 6 atom stereocenters. The minimum Gasteiger partial charge on any atom is -0.504 e. The molecule has 1 saturated heterocycles. The number of esters is 2. The summed E-state index contributed by atoms with van der Waals surface area (Å²) in [5.74, 6) is -1.59. The first-order chi connectivity index (χ1) is 20.3. The van der Waals surface area contributed by atoms with E-state index in [0.717, 1.165) is 11.1 Å². The van der Waals surface area contributed by atoms with E-state index in [1.54, 1.807) is 12.1 Å². The van der Waals surface area contributed by atoms with Gasteiger partial charge in [-0.15, -0.1) is 0 Å². The molecule has 12 heteroatoms. The van der Waals surface area contributed by atoms with Crippen LogP contribution in [0.5, 0.6) is 11.5 Å². The number of ether oxygens (including phenoxy) is 3. The van der Waals surface area contributed by atoms with Gasteiger partial charge in [0.2, 0.25) is 11.8 Å². The molecular formula is C31H41N3O9. The topological polar surface area (TPSA) is 164 Å². The van der Waals surface area contributed by atoms with Gasteiger partial charge < -0.3 is 40.0 Å². The number of aliphatic hydroxyl groups is 1. The van der Waals surface area contributed by atoms with Gasteiger partial charge in [0, 0.05) is 31.5 Å². The van der Waals surface area contributed by atoms with Crippen molar-refractivity contribution in [2.45, 2.75) is 95.1 Å². The van der Waals surface area contributed by atoms with E-state index in [0.29, 0.717) is 31.6 Å². The van der Waals surface area contributed by atoms with Crippen LogP contribution < -0.4 is 15.4 Å². The molecule has 2 aliphatic carbocycles. The maximum absolute atomic E-state index is 13.1. The van der Waals surface area contributed by atoms with E-state index >= 15 is 0 Å². The van der Waals surface area contributed by atoms with Gasteiger partial charge in [-0.3, -0.25) is 14.4 Å². The molecule has 1 spiro atoms. The van der Waals surface area contributed by atoms with Crippen LogP contribution in [0.15, 0.2) is 24.0 Å². The average molecular weight is 600 g/mol. The number of aromatic hydroxyl groups is 1. The molecule has 2 amide bonds. The zero-order valence-electron chi connectivity index (χ0n) is 25.3. The second kappa shape index (κ2) is 11.5. The number of nitrogens with zero attached hydrogens (tertiary/aromatic N) is 1. The zero-order chi connectivity index (χ0) is 31.3. The summed E-state index contributed by atoms with van der Waals surface area (Å²) in [6.07, 6.45) is 1.20. The van der Waals surface area contributed by atoms with Crippen LogP contribution in [0.4, 0.5) is 0 Å². The lowest BCUT2D eigenvalue weighted by molar-refractivity contribution is -0.175. The molecule has 4 N–H and O–H groups in total. The quantitative estimate of drug-likeness (QED) is 0.287. The molecule has 0 aromatic heterocycles. The van der Waals surface area contributed by atoms with E-state index in [-0.39, 0.29) is 48.8 Å². The predicted octanol–water partition coefficient (Wildman–Crippen LogP) is 1.20. The van der Waals surface area contributed by atoms with Crippen LogP contribution in [0.1, 0.15) is 64.5 Å². The molecule has 43 heavy (non-hydrogen) atoms. The molecule has 2 aliphatic heterocycles. The Bertz CT molecular complexity index is 1360. The van der Waals surface area contributed by atoms with E-state index in [1.807, 2.05) is 27.0 Å². The Balaban J connectivity index is 1.22. The van der Waals surface area contributed by atoms with Crippen molar-refractivity contribution in [2.24, 2.45) is 5.92 Å². The smallest absolute Gasteiger partial charge is 0.352 e. The zero-order valence-corrected chi connectivity index (χ0v) is 25.3. The van der Waals surface area contributed by atoms with Gasteiger partial charge in [-0.05, 0) is 63.4 Å². The second-order valence-corrected chi connectivity index (χ2v) is 12.6. The number of piperidine rings is 1. The number of rotatable bonds is 10.